The first-order valence-electron chi connectivity index (χ1n) is 5.60. The molecule has 5 heteroatoms. The van der Waals surface area contributed by atoms with E-state index in [-0.39, 0.29) is 11.9 Å². The number of aromatic nitrogens is 1. The Morgan fingerprint density at radius 1 is 1.53 bits per heavy atom. The summed E-state index contributed by atoms with van der Waals surface area (Å²) < 4.78 is 0. The third-order valence-corrected chi connectivity index (χ3v) is 3.18. The van der Waals surface area contributed by atoms with E-state index in [4.69, 9.17) is 5.73 Å². The molecule has 0 bridgehead atoms. The third-order valence-electron chi connectivity index (χ3n) is 2.53. The molecule has 1 unspecified atom stereocenters. The molecule has 1 rings (SSSR count). The number of rotatable bonds is 6. The summed E-state index contributed by atoms with van der Waals surface area (Å²) >= 11 is 1.69. The van der Waals surface area contributed by atoms with Crippen LogP contribution < -0.4 is 11.1 Å². The minimum atomic E-state index is -0.424. The molecule has 4 nitrogen and oxygen atoms in total. The summed E-state index contributed by atoms with van der Waals surface area (Å²) in [6.07, 6.45) is 6.14. The van der Waals surface area contributed by atoms with Gasteiger partial charge in [0.1, 0.15) is 0 Å². The Kier molecular flexibility index (Phi) is 6.00. The van der Waals surface area contributed by atoms with Crippen molar-refractivity contribution in [3.05, 3.63) is 30.1 Å². The smallest absolute Gasteiger partial charge is 0.237 e. The van der Waals surface area contributed by atoms with Crippen molar-refractivity contribution in [1.29, 1.82) is 0 Å². The molecule has 0 saturated heterocycles. The van der Waals surface area contributed by atoms with Crippen LogP contribution in [0.4, 0.5) is 0 Å². The molecule has 17 heavy (non-hydrogen) atoms. The maximum absolute atomic E-state index is 11.8. The summed E-state index contributed by atoms with van der Waals surface area (Å²) in [5.41, 5.74) is 6.82. The second-order valence-corrected chi connectivity index (χ2v) is 4.88. The van der Waals surface area contributed by atoms with Crippen LogP contribution in [0.25, 0.3) is 0 Å². The van der Waals surface area contributed by atoms with Crippen LogP contribution >= 0.6 is 11.8 Å². The normalized spacial score (nSPS) is 14.1. The van der Waals surface area contributed by atoms with Crippen molar-refractivity contribution in [2.24, 2.45) is 5.73 Å². The summed E-state index contributed by atoms with van der Waals surface area (Å²) in [7, 11) is 0. The number of thioether (sulfide) groups is 1. The predicted octanol–water partition coefficient (Wildman–Crippen LogP) is 1.34. The van der Waals surface area contributed by atoms with Crippen molar-refractivity contribution in [1.82, 2.24) is 10.3 Å². The maximum Gasteiger partial charge on any atom is 0.237 e. The monoisotopic (exact) mass is 253 g/mol. The molecule has 0 saturated carbocycles. The Morgan fingerprint density at radius 3 is 2.76 bits per heavy atom. The van der Waals surface area contributed by atoms with E-state index >= 15 is 0 Å². The number of nitrogens with zero attached hydrogens (tertiary/aromatic N) is 1. The molecule has 1 amide bonds. The highest BCUT2D eigenvalue weighted by Crippen LogP contribution is 2.10. The molecule has 0 aliphatic carbocycles. The van der Waals surface area contributed by atoms with Gasteiger partial charge >= 0.3 is 0 Å². The molecule has 1 aromatic rings. The Balaban J connectivity index is 2.46. The molecular formula is C12H19N3OS. The first kappa shape index (κ1) is 14.0. The largest absolute Gasteiger partial charge is 0.348 e. The van der Waals surface area contributed by atoms with Crippen LogP contribution in [0.5, 0.6) is 0 Å². The molecule has 0 aromatic carbocycles. The van der Waals surface area contributed by atoms with Gasteiger partial charge in [-0.2, -0.15) is 11.8 Å². The van der Waals surface area contributed by atoms with Crippen molar-refractivity contribution < 1.29 is 4.79 Å². The predicted molar refractivity (Wildman–Crippen MR) is 71.8 cm³/mol. The van der Waals surface area contributed by atoms with Crippen molar-refractivity contribution in [2.45, 2.75) is 25.4 Å². The minimum Gasteiger partial charge on any atom is -0.348 e. The highest BCUT2D eigenvalue weighted by molar-refractivity contribution is 7.98. The van der Waals surface area contributed by atoms with E-state index < -0.39 is 6.04 Å². The van der Waals surface area contributed by atoms with E-state index in [1.54, 1.807) is 24.2 Å². The quantitative estimate of drug-likeness (QED) is 0.803. The van der Waals surface area contributed by atoms with Gasteiger partial charge in [0.15, 0.2) is 0 Å². The number of hydrogen-bond acceptors (Lipinski definition) is 4. The van der Waals surface area contributed by atoms with Gasteiger partial charge in [-0.05, 0) is 43.0 Å². The van der Waals surface area contributed by atoms with Gasteiger partial charge in [0.25, 0.3) is 0 Å². The van der Waals surface area contributed by atoms with E-state index in [1.165, 1.54) is 0 Å². The molecule has 0 spiro atoms. The first-order valence-corrected chi connectivity index (χ1v) is 6.99. The topological polar surface area (TPSA) is 68.0 Å². The van der Waals surface area contributed by atoms with E-state index in [0.717, 1.165) is 11.3 Å². The summed E-state index contributed by atoms with van der Waals surface area (Å²) in [5.74, 6) is 0.807. The Morgan fingerprint density at radius 2 is 2.18 bits per heavy atom. The van der Waals surface area contributed by atoms with Crippen molar-refractivity contribution in [3.8, 4) is 0 Å². The third kappa shape index (κ3) is 4.75. The van der Waals surface area contributed by atoms with Crippen LogP contribution in [0.2, 0.25) is 0 Å². The SMILES string of the molecule is CSCC[C@H](N)C(=O)NC(C)c1ccncc1. The molecule has 1 aromatic heterocycles. The second kappa shape index (κ2) is 7.29. The molecule has 2 atom stereocenters. The van der Waals surface area contributed by atoms with Crippen LogP contribution in [0.1, 0.15) is 24.9 Å². The molecular weight excluding hydrogens is 234 g/mol. The van der Waals surface area contributed by atoms with Gasteiger partial charge in [-0.1, -0.05) is 0 Å². The van der Waals surface area contributed by atoms with E-state index in [1.807, 2.05) is 25.3 Å². The van der Waals surface area contributed by atoms with Crippen molar-refractivity contribution in [3.63, 3.8) is 0 Å². The fourth-order valence-electron chi connectivity index (χ4n) is 1.43. The number of pyridine rings is 1. The van der Waals surface area contributed by atoms with Gasteiger partial charge in [0.2, 0.25) is 5.91 Å². The molecule has 0 aliphatic rings. The van der Waals surface area contributed by atoms with Crippen LogP contribution in [0.15, 0.2) is 24.5 Å². The van der Waals surface area contributed by atoms with Crippen molar-refractivity contribution in [2.75, 3.05) is 12.0 Å². The van der Waals surface area contributed by atoms with Gasteiger partial charge in [0.05, 0.1) is 12.1 Å². The lowest BCUT2D eigenvalue weighted by molar-refractivity contribution is -0.123. The summed E-state index contributed by atoms with van der Waals surface area (Å²) in [6, 6.07) is 3.31. The minimum absolute atomic E-state index is 0.0363. The Bertz CT molecular complexity index is 345. The molecule has 1 heterocycles. The van der Waals surface area contributed by atoms with Gasteiger partial charge in [-0.25, -0.2) is 0 Å². The number of carbonyl (C=O) groups excluding carboxylic acids is 1. The van der Waals surface area contributed by atoms with E-state index in [2.05, 4.69) is 10.3 Å². The number of carbonyl (C=O) groups is 1. The number of hydrogen-bond donors (Lipinski definition) is 2. The van der Waals surface area contributed by atoms with Crippen LogP contribution in [-0.4, -0.2) is 28.9 Å². The summed E-state index contributed by atoms with van der Waals surface area (Å²) in [5, 5.41) is 2.90. The fourth-order valence-corrected chi connectivity index (χ4v) is 1.92. The molecule has 94 valence electrons. The van der Waals surface area contributed by atoms with Crippen LogP contribution in [0.3, 0.4) is 0 Å². The highest BCUT2D eigenvalue weighted by atomic mass is 32.2. The zero-order valence-electron chi connectivity index (χ0n) is 10.2. The zero-order valence-corrected chi connectivity index (χ0v) is 11.0. The van der Waals surface area contributed by atoms with Gasteiger partial charge in [0, 0.05) is 12.4 Å². The van der Waals surface area contributed by atoms with Crippen molar-refractivity contribution >= 4 is 17.7 Å². The number of amides is 1. The fraction of sp³-hybridized carbons (Fsp3) is 0.500. The number of nitrogens with one attached hydrogen (secondary N) is 1. The molecule has 0 fully saturated rings. The molecule has 3 N–H and O–H groups in total. The van der Waals surface area contributed by atoms with E-state index in [0.29, 0.717) is 6.42 Å². The average Bonchev–Trinajstić information content (AvgIpc) is 2.36. The Hall–Kier alpha value is -1.07. The summed E-state index contributed by atoms with van der Waals surface area (Å²) in [6.45, 7) is 1.94. The highest BCUT2D eigenvalue weighted by Gasteiger charge is 2.15. The molecule has 0 aliphatic heterocycles. The van der Waals surface area contributed by atoms with Gasteiger partial charge < -0.3 is 11.1 Å². The van der Waals surface area contributed by atoms with Gasteiger partial charge in [-0.15, -0.1) is 0 Å². The van der Waals surface area contributed by atoms with Gasteiger partial charge in [-0.3, -0.25) is 9.78 Å². The lowest BCUT2D eigenvalue weighted by Gasteiger charge is -2.17. The zero-order chi connectivity index (χ0) is 12.7. The first-order chi connectivity index (χ1) is 8.15. The average molecular weight is 253 g/mol. The van der Waals surface area contributed by atoms with Crippen LogP contribution in [-0.2, 0) is 4.79 Å². The lowest BCUT2D eigenvalue weighted by Crippen LogP contribution is -2.41. The lowest BCUT2D eigenvalue weighted by atomic mass is 10.1. The maximum atomic E-state index is 11.8. The number of nitrogens with two attached hydrogens (primary N) is 1. The van der Waals surface area contributed by atoms with E-state index in [9.17, 15) is 4.79 Å². The molecule has 0 radical (unpaired) electrons. The standard InChI is InChI=1S/C12H19N3OS/c1-9(10-3-6-14-7-4-10)15-12(16)11(13)5-8-17-2/h3-4,6-7,9,11H,5,8,13H2,1-2H3,(H,15,16)/t9?,11-/m0/s1. The summed E-state index contributed by atoms with van der Waals surface area (Å²) in [4.78, 5) is 15.7. The Labute approximate surface area is 106 Å². The van der Waals surface area contributed by atoms with Crippen LogP contribution in [0, 0.1) is 0 Å². The second-order valence-electron chi connectivity index (χ2n) is 3.90.